The topological polar surface area (TPSA) is 61.8 Å². The SMILES string of the molecule is COC(=O)C(C(=O)C=CC=Cc1ccc2c(c1)OCO2)c1ccccc1. The van der Waals surface area contributed by atoms with Crippen LogP contribution in [0.4, 0.5) is 0 Å². The Hall–Kier alpha value is -3.34. The van der Waals surface area contributed by atoms with E-state index in [0.29, 0.717) is 11.3 Å². The molecule has 0 radical (unpaired) electrons. The molecule has 0 spiro atoms. The van der Waals surface area contributed by atoms with Crippen LogP contribution in [0.3, 0.4) is 0 Å². The zero-order chi connectivity index (χ0) is 18.4. The van der Waals surface area contributed by atoms with Crippen LogP contribution in [-0.2, 0) is 14.3 Å². The van der Waals surface area contributed by atoms with Crippen molar-refractivity contribution in [3.8, 4) is 11.5 Å². The molecule has 3 rings (SSSR count). The molecule has 2 aromatic rings. The van der Waals surface area contributed by atoms with Gasteiger partial charge in [0, 0.05) is 0 Å². The van der Waals surface area contributed by atoms with E-state index in [1.54, 1.807) is 36.4 Å². The lowest BCUT2D eigenvalue weighted by atomic mass is 9.94. The number of carbonyl (C=O) groups is 2. The fourth-order valence-corrected chi connectivity index (χ4v) is 2.61. The smallest absolute Gasteiger partial charge is 0.321 e. The van der Waals surface area contributed by atoms with Crippen molar-refractivity contribution in [2.24, 2.45) is 0 Å². The lowest BCUT2D eigenvalue weighted by Crippen LogP contribution is -2.21. The summed E-state index contributed by atoms with van der Waals surface area (Å²) < 4.78 is 15.4. The number of ketones is 1. The molecule has 0 aliphatic carbocycles. The Kier molecular flexibility index (Phi) is 5.49. The largest absolute Gasteiger partial charge is 0.468 e. The van der Waals surface area contributed by atoms with Crippen LogP contribution in [0.1, 0.15) is 17.0 Å². The molecule has 1 atom stereocenters. The first-order valence-electron chi connectivity index (χ1n) is 8.10. The molecule has 1 aliphatic rings. The van der Waals surface area contributed by atoms with Crippen LogP contribution in [-0.4, -0.2) is 25.7 Å². The number of ether oxygens (including phenoxy) is 3. The van der Waals surface area contributed by atoms with Crippen LogP contribution in [0.25, 0.3) is 6.08 Å². The lowest BCUT2D eigenvalue weighted by molar-refractivity contribution is -0.144. The van der Waals surface area contributed by atoms with Crippen molar-refractivity contribution in [3.63, 3.8) is 0 Å². The molecule has 0 amide bonds. The van der Waals surface area contributed by atoms with Gasteiger partial charge in [0.2, 0.25) is 6.79 Å². The number of benzene rings is 2. The number of hydrogen-bond donors (Lipinski definition) is 0. The van der Waals surface area contributed by atoms with Crippen molar-refractivity contribution >= 4 is 17.8 Å². The molecule has 0 saturated heterocycles. The third-order valence-corrected chi connectivity index (χ3v) is 3.91. The number of fused-ring (bicyclic) bond motifs is 1. The minimum Gasteiger partial charge on any atom is -0.468 e. The molecular formula is C21H18O5. The minimum absolute atomic E-state index is 0.227. The highest BCUT2D eigenvalue weighted by Crippen LogP contribution is 2.32. The van der Waals surface area contributed by atoms with Gasteiger partial charge in [-0.15, -0.1) is 0 Å². The number of carbonyl (C=O) groups excluding carboxylic acids is 2. The molecular weight excluding hydrogens is 332 g/mol. The second kappa shape index (κ2) is 8.16. The molecule has 1 aliphatic heterocycles. The fourth-order valence-electron chi connectivity index (χ4n) is 2.61. The second-order valence-electron chi connectivity index (χ2n) is 5.60. The molecule has 2 aromatic carbocycles. The van der Waals surface area contributed by atoms with Crippen molar-refractivity contribution in [2.45, 2.75) is 5.92 Å². The highest BCUT2D eigenvalue weighted by molar-refractivity contribution is 6.09. The van der Waals surface area contributed by atoms with Crippen LogP contribution in [0.2, 0.25) is 0 Å². The minimum atomic E-state index is -0.962. The van der Waals surface area contributed by atoms with E-state index in [4.69, 9.17) is 14.2 Å². The van der Waals surface area contributed by atoms with Crippen LogP contribution < -0.4 is 9.47 Å². The molecule has 1 unspecified atom stereocenters. The summed E-state index contributed by atoms with van der Waals surface area (Å²) >= 11 is 0. The average molecular weight is 350 g/mol. The third-order valence-electron chi connectivity index (χ3n) is 3.91. The summed E-state index contributed by atoms with van der Waals surface area (Å²) in [7, 11) is 1.27. The van der Waals surface area contributed by atoms with E-state index in [1.807, 2.05) is 30.3 Å². The zero-order valence-electron chi connectivity index (χ0n) is 14.3. The first-order valence-corrected chi connectivity index (χ1v) is 8.10. The van der Waals surface area contributed by atoms with Crippen LogP contribution >= 0.6 is 0 Å². The Morgan fingerprint density at radius 3 is 2.58 bits per heavy atom. The van der Waals surface area contributed by atoms with E-state index in [2.05, 4.69) is 0 Å². The van der Waals surface area contributed by atoms with Gasteiger partial charge in [-0.3, -0.25) is 9.59 Å². The summed E-state index contributed by atoms with van der Waals surface area (Å²) in [6.45, 7) is 0.227. The zero-order valence-corrected chi connectivity index (χ0v) is 14.3. The Morgan fingerprint density at radius 2 is 1.81 bits per heavy atom. The summed E-state index contributed by atoms with van der Waals surface area (Å²) in [6.07, 6.45) is 6.54. The molecule has 5 heteroatoms. The van der Waals surface area contributed by atoms with E-state index in [1.165, 1.54) is 13.2 Å². The maximum Gasteiger partial charge on any atom is 0.321 e. The second-order valence-corrected chi connectivity index (χ2v) is 5.60. The highest BCUT2D eigenvalue weighted by Gasteiger charge is 2.27. The van der Waals surface area contributed by atoms with Crippen molar-refractivity contribution in [3.05, 3.63) is 77.9 Å². The summed E-state index contributed by atoms with van der Waals surface area (Å²) in [6, 6.07) is 14.4. The summed E-state index contributed by atoms with van der Waals surface area (Å²) in [5.74, 6) is -0.459. The van der Waals surface area contributed by atoms with Gasteiger partial charge in [-0.1, -0.05) is 54.6 Å². The van der Waals surface area contributed by atoms with E-state index in [0.717, 1.165) is 11.3 Å². The quantitative estimate of drug-likeness (QED) is 0.345. The Balaban J connectivity index is 1.70. The van der Waals surface area contributed by atoms with Gasteiger partial charge in [-0.05, 0) is 29.3 Å². The number of hydrogen-bond acceptors (Lipinski definition) is 5. The van der Waals surface area contributed by atoms with Crippen molar-refractivity contribution in [1.29, 1.82) is 0 Å². The molecule has 26 heavy (non-hydrogen) atoms. The van der Waals surface area contributed by atoms with Gasteiger partial charge in [-0.2, -0.15) is 0 Å². The molecule has 0 bridgehead atoms. The van der Waals surface area contributed by atoms with E-state index < -0.39 is 11.9 Å². The fraction of sp³-hybridized carbons (Fsp3) is 0.143. The summed E-state index contributed by atoms with van der Waals surface area (Å²) in [4.78, 5) is 24.4. The summed E-state index contributed by atoms with van der Waals surface area (Å²) in [5, 5.41) is 0. The first-order chi connectivity index (χ1) is 12.7. The maximum absolute atomic E-state index is 12.5. The van der Waals surface area contributed by atoms with Gasteiger partial charge in [0.15, 0.2) is 17.3 Å². The Morgan fingerprint density at radius 1 is 1.04 bits per heavy atom. The Labute approximate surface area is 151 Å². The number of esters is 1. The average Bonchev–Trinajstić information content (AvgIpc) is 3.14. The predicted octanol–water partition coefficient (Wildman–Crippen LogP) is 3.51. The number of rotatable bonds is 6. The maximum atomic E-state index is 12.5. The van der Waals surface area contributed by atoms with Crippen molar-refractivity contribution < 1.29 is 23.8 Å². The van der Waals surface area contributed by atoms with Gasteiger partial charge < -0.3 is 14.2 Å². The van der Waals surface area contributed by atoms with E-state index >= 15 is 0 Å². The van der Waals surface area contributed by atoms with E-state index in [9.17, 15) is 9.59 Å². The van der Waals surface area contributed by atoms with Crippen LogP contribution in [0.5, 0.6) is 11.5 Å². The monoisotopic (exact) mass is 350 g/mol. The van der Waals surface area contributed by atoms with Crippen LogP contribution in [0, 0.1) is 0 Å². The molecule has 0 fully saturated rings. The van der Waals surface area contributed by atoms with Gasteiger partial charge >= 0.3 is 5.97 Å². The highest BCUT2D eigenvalue weighted by atomic mass is 16.7. The molecule has 1 heterocycles. The molecule has 5 nitrogen and oxygen atoms in total. The normalized spacial score (nSPS) is 13.9. The molecule has 0 aromatic heterocycles. The molecule has 132 valence electrons. The summed E-state index contributed by atoms with van der Waals surface area (Å²) in [5.41, 5.74) is 1.52. The number of methoxy groups -OCH3 is 1. The van der Waals surface area contributed by atoms with Gasteiger partial charge in [0.1, 0.15) is 5.92 Å². The Bertz CT molecular complexity index is 852. The van der Waals surface area contributed by atoms with Gasteiger partial charge in [0.05, 0.1) is 7.11 Å². The van der Waals surface area contributed by atoms with Crippen molar-refractivity contribution in [2.75, 3.05) is 13.9 Å². The van der Waals surface area contributed by atoms with Crippen LogP contribution in [0.15, 0.2) is 66.8 Å². The van der Waals surface area contributed by atoms with Gasteiger partial charge in [0.25, 0.3) is 0 Å². The lowest BCUT2D eigenvalue weighted by Gasteiger charge is -2.11. The molecule has 0 saturated carbocycles. The third kappa shape index (κ3) is 4.00. The number of allylic oxidation sites excluding steroid dienone is 3. The van der Waals surface area contributed by atoms with E-state index in [-0.39, 0.29) is 12.6 Å². The standard InChI is InChI=1S/C21H18O5/c1-24-21(23)20(16-8-3-2-4-9-16)17(22)10-6-5-7-15-11-12-18-19(13-15)26-14-25-18/h2-13,20H,14H2,1H3. The van der Waals surface area contributed by atoms with Crippen molar-refractivity contribution in [1.82, 2.24) is 0 Å². The molecule has 0 N–H and O–H groups in total. The first kappa shape index (κ1) is 17.5. The predicted molar refractivity (Wildman–Crippen MR) is 96.9 cm³/mol. The van der Waals surface area contributed by atoms with Gasteiger partial charge in [-0.25, -0.2) is 0 Å².